The Labute approximate surface area is 79.6 Å². The highest BCUT2D eigenvalue weighted by molar-refractivity contribution is 5.88. The van der Waals surface area contributed by atoms with Crippen LogP contribution in [-0.2, 0) is 4.79 Å². The maximum Gasteiger partial charge on any atom is 0.240 e. The van der Waals surface area contributed by atoms with Crippen molar-refractivity contribution in [2.45, 2.75) is 6.04 Å². The number of hydrogen-bond donors (Lipinski definition) is 2. The lowest BCUT2D eigenvalue weighted by molar-refractivity contribution is -0.119. The predicted molar refractivity (Wildman–Crippen MR) is 50.1 cm³/mol. The van der Waals surface area contributed by atoms with Crippen molar-refractivity contribution in [3.05, 3.63) is 30.0 Å². The number of benzene rings is 1. The summed E-state index contributed by atoms with van der Waals surface area (Å²) in [5.41, 5.74) is 11.6. The first-order valence-electron chi connectivity index (χ1n) is 4.09. The highest BCUT2D eigenvalue weighted by atomic mass is 16.5. The van der Waals surface area contributed by atoms with Gasteiger partial charge in [-0.1, -0.05) is 17.3 Å². The van der Waals surface area contributed by atoms with E-state index in [4.69, 9.17) is 16.0 Å². The van der Waals surface area contributed by atoms with E-state index in [1.165, 1.54) is 0 Å². The van der Waals surface area contributed by atoms with Gasteiger partial charge in [-0.3, -0.25) is 4.79 Å². The summed E-state index contributed by atoms with van der Waals surface area (Å²) in [7, 11) is 0. The molecule has 0 saturated carbocycles. The first-order valence-corrected chi connectivity index (χ1v) is 4.09. The summed E-state index contributed by atoms with van der Waals surface area (Å²) < 4.78 is 4.98. The lowest BCUT2D eigenvalue weighted by Gasteiger charge is -2.01. The topological polar surface area (TPSA) is 95.1 Å². The maximum atomic E-state index is 10.9. The third-order valence-electron chi connectivity index (χ3n) is 2.01. The molecule has 5 heteroatoms. The average Bonchev–Trinajstić information content (AvgIpc) is 2.60. The molecule has 0 aliphatic heterocycles. The molecule has 0 aliphatic rings. The van der Waals surface area contributed by atoms with E-state index >= 15 is 0 Å². The molecule has 1 amide bonds. The molecule has 2 rings (SSSR count). The fraction of sp³-hybridized carbons (Fsp3) is 0.111. The molecule has 0 saturated heterocycles. The molecule has 2 aromatic rings. The van der Waals surface area contributed by atoms with E-state index in [0.717, 1.165) is 5.39 Å². The number of hydrogen-bond acceptors (Lipinski definition) is 4. The number of rotatable bonds is 2. The second kappa shape index (κ2) is 3.12. The number of aromatic nitrogens is 1. The first kappa shape index (κ1) is 8.71. The van der Waals surface area contributed by atoms with Gasteiger partial charge in [0.1, 0.15) is 11.7 Å². The Bertz CT molecular complexity index is 478. The number of fused-ring (bicyclic) bond motifs is 1. The van der Waals surface area contributed by atoms with Crippen molar-refractivity contribution >= 4 is 16.9 Å². The van der Waals surface area contributed by atoms with Gasteiger partial charge in [0.25, 0.3) is 0 Å². The zero-order valence-corrected chi connectivity index (χ0v) is 7.31. The van der Waals surface area contributed by atoms with Crippen LogP contribution in [0, 0.1) is 0 Å². The van der Waals surface area contributed by atoms with E-state index in [9.17, 15) is 4.79 Å². The van der Waals surface area contributed by atoms with E-state index in [2.05, 4.69) is 5.16 Å². The molecule has 14 heavy (non-hydrogen) atoms. The smallest absolute Gasteiger partial charge is 0.240 e. The van der Waals surface area contributed by atoms with Crippen molar-refractivity contribution in [3.63, 3.8) is 0 Å². The molecule has 0 bridgehead atoms. The summed E-state index contributed by atoms with van der Waals surface area (Å²) in [5.74, 6) is -0.621. The van der Waals surface area contributed by atoms with Crippen LogP contribution in [0.5, 0.6) is 0 Å². The lowest BCUT2D eigenvalue weighted by Crippen LogP contribution is -2.28. The zero-order valence-electron chi connectivity index (χ0n) is 7.31. The van der Waals surface area contributed by atoms with Crippen LogP contribution in [0.25, 0.3) is 11.0 Å². The zero-order chi connectivity index (χ0) is 10.1. The Kier molecular flexibility index (Phi) is 1.94. The van der Waals surface area contributed by atoms with E-state index in [0.29, 0.717) is 11.3 Å². The molecule has 5 nitrogen and oxygen atoms in total. The summed E-state index contributed by atoms with van der Waals surface area (Å²) in [5, 5.41) is 4.44. The fourth-order valence-corrected chi connectivity index (χ4v) is 1.26. The fourth-order valence-electron chi connectivity index (χ4n) is 1.26. The average molecular weight is 191 g/mol. The van der Waals surface area contributed by atoms with Gasteiger partial charge in [0.2, 0.25) is 5.91 Å². The van der Waals surface area contributed by atoms with Crippen molar-refractivity contribution < 1.29 is 9.32 Å². The number of carbonyl (C=O) groups is 1. The minimum atomic E-state index is -0.918. The molecule has 0 radical (unpaired) electrons. The molecule has 1 heterocycles. The van der Waals surface area contributed by atoms with E-state index in [-0.39, 0.29) is 0 Å². The molecular formula is C9H9N3O2. The van der Waals surface area contributed by atoms with Crippen molar-refractivity contribution in [3.8, 4) is 0 Å². The van der Waals surface area contributed by atoms with Gasteiger partial charge < -0.3 is 16.0 Å². The quantitative estimate of drug-likeness (QED) is 0.714. The Morgan fingerprint density at radius 1 is 1.43 bits per heavy atom. The normalized spacial score (nSPS) is 12.9. The lowest BCUT2D eigenvalue weighted by atomic mass is 10.1. The van der Waals surface area contributed by atoms with E-state index < -0.39 is 11.9 Å². The van der Waals surface area contributed by atoms with Crippen molar-refractivity contribution in [2.75, 3.05) is 0 Å². The Balaban J connectivity index is 2.58. The predicted octanol–water partition coefficient (Wildman–Crippen LogP) is 0.313. The number of carbonyl (C=O) groups excluding carboxylic acids is 1. The highest BCUT2D eigenvalue weighted by Crippen LogP contribution is 2.21. The molecule has 4 N–H and O–H groups in total. The SMILES string of the molecule is NC(=O)C(N)c1noc2ccccc12. The van der Waals surface area contributed by atoms with E-state index in [1.807, 2.05) is 12.1 Å². The van der Waals surface area contributed by atoms with Crippen molar-refractivity contribution in [1.29, 1.82) is 0 Å². The number of amides is 1. The summed E-state index contributed by atoms with van der Waals surface area (Å²) in [6.45, 7) is 0. The van der Waals surface area contributed by atoms with Crippen molar-refractivity contribution in [1.82, 2.24) is 5.16 Å². The number of nitrogens with zero attached hydrogens (tertiary/aromatic N) is 1. The number of primary amides is 1. The van der Waals surface area contributed by atoms with Crippen LogP contribution in [0.2, 0.25) is 0 Å². The Hall–Kier alpha value is -1.88. The van der Waals surface area contributed by atoms with Gasteiger partial charge in [-0.2, -0.15) is 0 Å². The summed E-state index contributed by atoms with van der Waals surface area (Å²) in [6, 6.07) is 6.24. The minimum Gasteiger partial charge on any atom is -0.368 e. The highest BCUT2D eigenvalue weighted by Gasteiger charge is 2.19. The largest absolute Gasteiger partial charge is 0.368 e. The molecule has 1 aromatic carbocycles. The molecule has 1 atom stereocenters. The maximum absolute atomic E-state index is 10.9. The molecule has 0 aliphatic carbocycles. The monoisotopic (exact) mass is 191 g/mol. The van der Waals surface area contributed by atoms with Gasteiger partial charge in [0.15, 0.2) is 5.58 Å². The van der Waals surface area contributed by atoms with Gasteiger partial charge in [-0.15, -0.1) is 0 Å². The second-order valence-corrected chi connectivity index (χ2v) is 2.94. The van der Waals surface area contributed by atoms with Crippen LogP contribution in [0.4, 0.5) is 0 Å². The molecule has 1 aromatic heterocycles. The molecule has 1 unspecified atom stereocenters. The van der Waals surface area contributed by atoms with Gasteiger partial charge in [-0.25, -0.2) is 0 Å². The van der Waals surface area contributed by atoms with Gasteiger partial charge >= 0.3 is 0 Å². The second-order valence-electron chi connectivity index (χ2n) is 2.94. The van der Waals surface area contributed by atoms with Crippen molar-refractivity contribution in [2.24, 2.45) is 11.5 Å². The molecular weight excluding hydrogens is 182 g/mol. The van der Waals surface area contributed by atoms with Crippen LogP contribution in [0.3, 0.4) is 0 Å². The molecule has 0 fully saturated rings. The minimum absolute atomic E-state index is 0.383. The summed E-state index contributed by atoms with van der Waals surface area (Å²) >= 11 is 0. The number of para-hydroxylation sites is 1. The van der Waals surface area contributed by atoms with E-state index in [1.54, 1.807) is 12.1 Å². The Morgan fingerprint density at radius 2 is 2.14 bits per heavy atom. The van der Waals surface area contributed by atoms with Gasteiger partial charge in [0.05, 0.1) is 0 Å². The Morgan fingerprint density at radius 3 is 2.86 bits per heavy atom. The van der Waals surface area contributed by atoms with Crippen LogP contribution in [-0.4, -0.2) is 11.1 Å². The third kappa shape index (κ3) is 1.23. The van der Waals surface area contributed by atoms with Gasteiger partial charge in [-0.05, 0) is 12.1 Å². The summed E-state index contributed by atoms with van der Waals surface area (Å²) in [4.78, 5) is 10.9. The van der Waals surface area contributed by atoms with Crippen LogP contribution >= 0.6 is 0 Å². The molecule has 0 spiro atoms. The number of nitrogens with two attached hydrogens (primary N) is 2. The third-order valence-corrected chi connectivity index (χ3v) is 2.01. The van der Waals surface area contributed by atoms with Crippen LogP contribution in [0.15, 0.2) is 28.8 Å². The van der Waals surface area contributed by atoms with Crippen LogP contribution < -0.4 is 11.5 Å². The van der Waals surface area contributed by atoms with Crippen LogP contribution in [0.1, 0.15) is 11.7 Å². The molecule has 72 valence electrons. The standard InChI is InChI=1S/C9H9N3O2/c10-7(9(11)13)8-5-3-1-2-4-6(5)14-12-8/h1-4,7H,10H2,(H2,11,13). The van der Waals surface area contributed by atoms with Gasteiger partial charge in [0, 0.05) is 5.39 Å². The first-order chi connectivity index (χ1) is 6.70. The summed E-state index contributed by atoms with van der Waals surface area (Å²) in [6.07, 6.45) is 0.